The molecule has 1 heterocycles. The van der Waals surface area contributed by atoms with Gasteiger partial charge in [-0.05, 0) is 6.07 Å². The summed E-state index contributed by atoms with van der Waals surface area (Å²) in [7, 11) is 0. The van der Waals surface area contributed by atoms with Crippen LogP contribution >= 0.6 is 23.2 Å². The summed E-state index contributed by atoms with van der Waals surface area (Å²) in [6.45, 7) is 0. The van der Waals surface area contributed by atoms with Gasteiger partial charge in [0.15, 0.2) is 0 Å². The molecule has 0 unspecified atom stereocenters. The molecule has 0 bridgehead atoms. The number of nitriles is 1. The Labute approximate surface area is 89.1 Å². The molecule has 0 aliphatic heterocycles. The lowest BCUT2D eigenvalue weighted by Gasteiger charge is -2.07. The van der Waals surface area contributed by atoms with E-state index in [2.05, 4.69) is 4.98 Å². The molecule has 0 fully saturated rings. The number of rotatable bonds is 2. The van der Waals surface area contributed by atoms with E-state index in [0.717, 1.165) is 6.07 Å². The van der Waals surface area contributed by atoms with E-state index < -0.39 is 12.0 Å². The molecule has 0 aromatic carbocycles. The summed E-state index contributed by atoms with van der Waals surface area (Å²) < 4.78 is 25.0. The van der Waals surface area contributed by atoms with Crippen molar-refractivity contribution in [3.8, 4) is 6.07 Å². The van der Waals surface area contributed by atoms with Crippen molar-refractivity contribution in [1.82, 2.24) is 4.98 Å². The molecular weight excluding hydrogens is 233 g/mol. The van der Waals surface area contributed by atoms with E-state index in [9.17, 15) is 8.78 Å². The third kappa shape index (κ3) is 2.11. The van der Waals surface area contributed by atoms with Gasteiger partial charge in [-0.1, -0.05) is 11.6 Å². The summed E-state index contributed by atoms with van der Waals surface area (Å²) in [5, 5.41) is 8.59. The van der Waals surface area contributed by atoms with Crippen LogP contribution in [0.2, 0.25) is 5.15 Å². The molecule has 0 aliphatic carbocycles. The van der Waals surface area contributed by atoms with E-state index in [1.54, 1.807) is 6.07 Å². The number of alkyl halides is 3. The minimum atomic E-state index is -2.77. The van der Waals surface area contributed by atoms with Gasteiger partial charge in [-0.2, -0.15) is 5.26 Å². The van der Waals surface area contributed by atoms with Crippen LogP contribution in [0.4, 0.5) is 8.78 Å². The fourth-order valence-corrected chi connectivity index (χ4v) is 1.43. The summed E-state index contributed by atoms with van der Waals surface area (Å²) in [6, 6.07) is 2.73. The molecule has 0 atom stereocenters. The lowest BCUT2D eigenvalue weighted by Crippen LogP contribution is -2.00. The highest BCUT2D eigenvalue weighted by atomic mass is 35.5. The fourth-order valence-electron chi connectivity index (χ4n) is 1.01. The number of aromatic nitrogens is 1. The van der Waals surface area contributed by atoms with Crippen LogP contribution in [0.25, 0.3) is 0 Å². The van der Waals surface area contributed by atoms with E-state index >= 15 is 0 Å². The summed E-state index contributed by atoms with van der Waals surface area (Å²) in [6.07, 6.45) is -2.77. The highest BCUT2D eigenvalue weighted by molar-refractivity contribution is 6.29. The maximum atomic E-state index is 12.5. The third-order valence-electron chi connectivity index (χ3n) is 1.57. The second-order valence-electron chi connectivity index (χ2n) is 2.40. The molecular formula is C8H4Cl2F2N2. The zero-order valence-electron chi connectivity index (χ0n) is 6.77. The molecule has 2 nitrogen and oxygen atoms in total. The smallest absolute Gasteiger partial charge is 0.239 e. The first kappa shape index (κ1) is 11.2. The van der Waals surface area contributed by atoms with Crippen LogP contribution in [-0.2, 0) is 5.88 Å². The number of nitrogens with zero attached hydrogens (tertiary/aromatic N) is 2. The zero-order chi connectivity index (χ0) is 10.7. The van der Waals surface area contributed by atoms with Crippen molar-refractivity contribution >= 4 is 23.2 Å². The first-order valence-electron chi connectivity index (χ1n) is 3.53. The van der Waals surface area contributed by atoms with Gasteiger partial charge in [0.05, 0.1) is 28.8 Å². The highest BCUT2D eigenvalue weighted by Gasteiger charge is 2.19. The second kappa shape index (κ2) is 4.54. The molecule has 14 heavy (non-hydrogen) atoms. The van der Waals surface area contributed by atoms with Crippen LogP contribution in [0.1, 0.15) is 23.2 Å². The molecule has 0 amide bonds. The fraction of sp³-hybridized carbons (Fsp3) is 0.250. The Kier molecular flexibility index (Phi) is 3.62. The van der Waals surface area contributed by atoms with Crippen molar-refractivity contribution in [3.05, 3.63) is 28.0 Å². The Hall–Kier alpha value is -0.920. The molecule has 1 rings (SSSR count). The number of hydrogen-bond donors (Lipinski definition) is 0. The van der Waals surface area contributed by atoms with Crippen LogP contribution in [0, 0.1) is 11.3 Å². The van der Waals surface area contributed by atoms with Crippen molar-refractivity contribution in [1.29, 1.82) is 5.26 Å². The average Bonchev–Trinajstić information content (AvgIpc) is 2.15. The standard InChI is InChI=1S/C8H4Cl2F2N2/c9-2-5-7(8(11)12)4(3-13)1-6(10)14-5/h1,8H,2H2. The summed E-state index contributed by atoms with van der Waals surface area (Å²) >= 11 is 10.9. The molecule has 0 aliphatic rings. The lowest BCUT2D eigenvalue weighted by atomic mass is 10.1. The van der Waals surface area contributed by atoms with Crippen molar-refractivity contribution in [2.24, 2.45) is 0 Å². The molecule has 1 aromatic rings. The largest absolute Gasteiger partial charge is 0.266 e. The van der Waals surface area contributed by atoms with Gasteiger partial charge in [-0.3, -0.25) is 0 Å². The van der Waals surface area contributed by atoms with Crippen LogP contribution in [0.15, 0.2) is 6.07 Å². The van der Waals surface area contributed by atoms with E-state index in [-0.39, 0.29) is 22.3 Å². The summed E-state index contributed by atoms with van der Waals surface area (Å²) in [4.78, 5) is 3.62. The van der Waals surface area contributed by atoms with Crippen molar-refractivity contribution in [2.45, 2.75) is 12.3 Å². The average molecular weight is 237 g/mol. The highest BCUT2D eigenvalue weighted by Crippen LogP contribution is 2.28. The third-order valence-corrected chi connectivity index (χ3v) is 2.02. The van der Waals surface area contributed by atoms with E-state index in [1.807, 2.05) is 0 Å². The van der Waals surface area contributed by atoms with E-state index in [4.69, 9.17) is 28.5 Å². The van der Waals surface area contributed by atoms with Crippen molar-refractivity contribution in [3.63, 3.8) is 0 Å². The Morgan fingerprint density at radius 1 is 1.57 bits per heavy atom. The SMILES string of the molecule is N#Cc1cc(Cl)nc(CCl)c1C(F)F. The van der Waals surface area contributed by atoms with Gasteiger partial charge < -0.3 is 0 Å². The molecule has 0 radical (unpaired) electrons. The van der Waals surface area contributed by atoms with Gasteiger partial charge in [-0.25, -0.2) is 13.8 Å². The number of halogens is 4. The predicted molar refractivity (Wildman–Crippen MR) is 48.5 cm³/mol. The summed E-state index contributed by atoms with van der Waals surface area (Å²) in [5.74, 6) is -0.199. The molecule has 0 spiro atoms. The topological polar surface area (TPSA) is 36.7 Å². The maximum absolute atomic E-state index is 12.5. The van der Waals surface area contributed by atoms with Gasteiger partial charge in [0.25, 0.3) is 6.43 Å². The van der Waals surface area contributed by atoms with Gasteiger partial charge in [0, 0.05) is 0 Å². The minimum absolute atomic E-state index is 0.0124. The summed E-state index contributed by atoms with van der Waals surface area (Å²) in [5.41, 5.74) is -0.673. The molecule has 0 saturated carbocycles. The Morgan fingerprint density at radius 3 is 2.64 bits per heavy atom. The minimum Gasteiger partial charge on any atom is -0.239 e. The molecule has 0 saturated heterocycles. The lowest BCUT2D eigenvalue weighted by molar-refractivity contribution is 0.149. The van der Waals surface area contributed by atoms with Gasteiger partial charge >= 0.3 is 0 Å². The van der Waals surface area contributed by atoms with Gasteiger partial charge in [-0.15, -0.1) is 11.6 Å². The van der Waals surface area contributed by atoms with E-state index in [1.165, 1.54) is 0 Å². The molecule has 0 N–H and O–H groups in total. The number of hydrogen-bond acceptors (Lipinski definition) is 2. The first-order valence-corrected chi connectivity index (χ1v) is 4.45. The number of pyridine rings is 1. The quantitative estimate of drug-likeness (QED) is 0.584. The van der Waals surface area contributed by atoms with Gasteiger partial charge in [0.2, 0.25) is 0 Å². The molecule has 6 heteroatoms. The Bertz CT molecular complexity index is 388. The van der Waals surface area contributed by atoms with Crippen molar-refractivity contribution in [2.75, 3.05) is 0 Å². The Balaban J connectivity index is 3.42. The predicted octanol–water partition coefficient (Wildman–Crippen LogP) is 3.28. The zero-order valence-corrected chi connectivity index (χ0v) is 8.28. The van der Waals surface area contributed by atoms with Crippen LogP contribution < -0.4 is 0 Å². The van der Waals surface area contributed by atoms with E-state index in [0.29, 0.717) is 0 Å². The van der Waals surface area contributed by atoms with Crippen LogP contribution in [0.3, 0.4) is 0 Å². The first-order chi connectivity index (χ1) is 6.60. The second-order valence-corrected chi connectivity index (χ2v) is 3.05. The van der Waals surface area contributed by atoms with Crippen LogP contribution in [0.5, 0.6) is 0 Å². The van der Waals surface area contributed by atoms with Gasteiger partial charge in [0.1, 0.15) is 5.15 Å². The van der Waals surface area contributed by atoms with Crippen molar-refractivity contribution < 1.29 is 8.78 Å². The molecule has 74 valence electrons. The molecule has 1 aromatic heterocycles. The van der Waals surface area contributed by atoms with Crippen LogP contribution in [-0.4, -0.2) is 4.98 Å². The monoisotopic (exact) mass is 236 g/mol. The maximum Gasteiger partial charge on any atom is 0.266 e. The normalized spacial score (nSPS) is 10.3. The Morgan fingerprint density at radius 2 is 2.21 bits per heavy atom.